The highest BCUT2D eigenvalue weighted by Gasteiger charge is 2.35. The Morgan fingerprint density at radius 1 is 1.00 bits per heavy atom. The number of amides is 2. The lowest BCUT2D eigenvalue weighted by Gasteiger charge is -2.32. The van der Waals surface area contributed by atoms with Crippen LogP contribution in [0, 0.1) is 0 Å². The Hall–Kier alpha value is -1.59. The molecule has 0 bridgehead atoms. The molecule has 2 aliphatic rings. The lowest BCUT2D eigenvalue weighted by atomic mass is 9.82. The fourth-order valence-electron chi connectivity index (χ4n) is 4.20. The monoisotopic (exact) mass is 393 g/mol. The van der Waals surface area contributed by atoms with Gasteiger partial charge in [-0.15, -0.1) is 12.4 Å². The third kappa shape index (κ3) is 5.23. The zero-order valence-electron chi connectivity index (χ0n) is 16.2. The van der Waals surface area contributed by atoms with Gasteiger partial charge in [0.15, 0.2) is 0 Å². The summed E-state index contributed by atoms with van der Waals surface area (Å²) in [5.74, 6) is -0.0621. The molecule has 6 heteroatoms. The van der Waals surface area contributed by atoms with Crippen molar-refractivity contribution < 1.29 is 9.59 Å². The second kappa shape index (κ2) is 9.56. The molecule has 2 fully saturated rings. The molecule has 0 radical (unpaired) electrons. The highest BCUT2D eigenvalue weighted by atomic mass is 35.5. The van der Waals surface area contributed by atoms with E-state index in [0.717, 1.165) is 44.9 Å². The number of carbonyl (C=O) groups excluding carboxylic acids is 2. The van der Waals surface area contributed by atoms with E-state index in [1.807, 2.05) is 11.9 Å². The van der Waals surface area contributed by atoms with Crippen molar-refractivity contribution in [3.8, 4) is 0 Å². The van der Waals surface area contributed by atoms with Crippen molar-refractivity contribution in [2.45, 2.75) is 75.8 Å². The van der Waals surface area contributed by atoms with Gasteiger partial charge < -0.3 is 16.0 Å². The summed E-state index contributed by atoms with van der Waals surface area (Å²) in [6.45, 7) is 0. The normalized spacial score (nSPS) is 19.6. The lowest BCUT2D eigenvalue weighted by Crippen LogP contribution is -2.52. The fraction of sp³-hybridized carbons (Fsp3) is 0.619. The molecule has 0 heterocycles. The molecule has 1 aromatic carbocycles. The fourth-order valence-corrected chi connectivity index (χ4v) is 4.20. The molecule has 1 aromatic rings. The van der Waals surface area contributed by atoms with E-state index in [0.29, 0.717) is 17.3 Å². The molecule has 3 N–H and O–H groups in total. The molecule has 3 rings (SSSR count). The minimum Gasteiger partial charge on any atom is -0.339 e. The summed E-state index contributed by atoms with van der Waals surface area (Å²) < 4.78 is 0. The molecule has 2 aliphatic carbocycles. The summed E-state index contributed by atoms with van der Waals surface area (Å²) in [6.07, 6.45) is 10.5. The van der Waals surface area contributed by atoms with E-state index in [9.17, 15) is 9.59 Å². The van der Waals surface area contributed by atoms with E-state index in [1.54, 1.807) is 24.3 Å². The van der Waals surface area contributed by atoms with E-state index in [2.05, 4.69) is 5.32 Å². The zero-order chi connectivity index (χ0) is 18.6. The number of halogens is 1. The first-order valence-corrected chi connectivity index (χ1v) is 9.97. The van der Waals surface area contributed by atoms with Gasteiger partial charge in [-0.3, -0.25) is 9.59 Å². The van der Waals surface area contributed by atoms with Gasteiger partial charge in [0.25, 0.3) is 5.91 Å². The van der Waals surface area contributed by atoms with Gasteiger partial charge in [0, 0.05) is 24.3 Å². The Bertz CT molecular complexity index is 635. The van der Waals surface area contributed by atoms with Gasteiger partial charge in [-0.25, -0.2) is 0 Å². The zero-order valence-corrected chi connectivity index (χ0v) is 17.0. The Kier molecular flexibility index (Phi) is 7.68. The van der Waals surface area contributed by atoms with Crippen LogP contribution in [-0.2, 0) is 4.79 Å². The number of nitrogens with one attached hydrogen (secondary N) is 1. The van der Waals surface area contributed by atoms with Gasteiger partial charge in [0.1, 0.15) is 0 Å². The molecule has 0 unspecified atom stereocenters. The van der Waals surface area contributed by atoms with Crippen LogP contribution >= 0.6 is 12.4 Å². The van der Waals surface area contributed by atoms with E-state index in [1.165, 1.54) is 19.3 Å². The standard InChI is InChI=1S/C21H31N3O2.ClH/c1-24(18-8-4-2-5-9-18)19(25)16-10-12-17(13-11-16)23-20(26)21(22)14-6-3-7-15-21;/h10-13,18H,2-9,14-15,22H2,1H3,(H,23,26);1H. The second-order valence-electron chi connectivity index (χ2n) is 7.96. The van der Waals surface area contributed by atoms with Crippen molar-refractivity contribution in [2.24, 2.45) is 5.73 Å². The molecule has 2 amide bonds. The van der Waals surface area contributed by atoms with Crippen LogP contribution in [0.3, 0.4) is 0 Å². The Labute approximate surface area is 168 Å². The Morgan fingerprint density at radius 2 is 1.56 bits per heavy atom. The van der Waals surface area contributed by atoms with E-state index < -0.39 is 5.54 Å². The van der Waals surface area contributed by atoms with Crippen LogP contribution < -0.4 is 11.1 Å². The molecule has 27 heavy (non-hydrogen) atoms. The van der Waals surface area contributed by atoms with Crippen molar-refractivity contribution >= 4 is 29.9 Å². The number of nitrogens with two attached hydrogens (primary N) is 1. The van der Waals surface area contributed by atoms with E-state index >= 15 is 0 Å². The quantitative estimate of drug-likeness (QED) is 0.808. The van der Waals surface area contributed by atoms with Crippen LogP contribution in [-0.4, -0.2) is 35.3 Å². The molecule has 2 saturated carbocycles. The Balaban J connectivity index is 0.00000261. The van der Waals surface area contributed by atoms with Gasteiger partial charge in [-0.1, -0.05) is 38.5 Å². The maximum Gasteiger partial charge on any atom is 0.253 e. The summed E-state index contributed by atoms with van der Waals surface area (Å²) in [5.41, 5.74) is 6.88. The average Bonchev–Trinajstić information content (AvgIpc) is 2.68. The molecular formula is C21H32ClN3O2. The SMILES string of the molecule is CN(C(=O)c1ccc(NC(=O)C2(N)CCCCC2)cc1)C1CCCCC1.Cl. The molecule has 0 atom stereocenters. The van der Waals surface area contributed by atoms with Gasteiger partial charge in [-0.05, 0) is 49.9 Å². The average molecular weight is 394 g/mol. The molecule has 0 saturated heterocycles. The van der Waals surface area contributed by atoms with Crippen molar-refractivity contribution in [3.63, 3.8) is 0 Å². The smallest absolute Gasteiger partial charge is 0.253 e. The van der Waals surface area contributed by atoms with Crippen molar-refractivity contribution in [1.29, 1.82) is 0 Å². The highest BCUT2D eigenvalue weighted by Crippen LogP contribution is 2.27. The first-order chi connectivity index (χ1) is 12.5. The van der Waals surface area contributed by atoms with Crippen LogP contribution in [0.15, 0.2) is 24.3 Å². The third-order valence-electron chi connectivity index (χ3n) is 6.03. The third-order valence-corrected chi connectivity index (χ3v) is 6.03. The molecule has 150 valence electrons. The first-order valence-electron chi connectivity index (χ1n) is 9.97. The molecule has 0 aromatic heterocycles. The number of nitrogens with zero attached hydrogens (tertiary/aromatic N) is 1. The van der Waals surface area contributed by atoms with Crippen LogP contribution in [0.1, 0.15) is 74.6 Å². The lowest BCUT2D eigenvalue weighted by molar-refractivity contribution is -0.122. The Morgan fingerprint density at radius 3 is 2.15 bits per heavy atom. The molecule has 0 spiro atoms. The summed E-state index contributed by atoms with van der Waals surface area (Å²) in [6, 6.07) is 7.53. The van der Waals surface area contributed by atoms with Gasteiger partial charge >= 0.3 is 0 Å². The molecular weight excluding hydrogens is 362 g/mol. The second-order valence-corrected chi connectivity index (χ2v) is 7.96. The van der Waals surface area contributed by atoms with Gasteiger partial charge in [-0.2, -0.15) is 0 Å². The summed E-state index contributed by atoms with van der Waals surface area (Å²) in [5, 5.41) is 2.92. The van der Waals surface area contributed by atoms with Crippen LogP contribution in [0.25, 0.3) is 0 Å². The molecule has 0 aliphatic heterocycles. The maximum atomic E-state index is 12.7. The van der Waals surface area contributed by atoms with E-state index in [-0.39, 0.29) is 24.2 Å². The van der Waals surface area contributed by atoms with Gasteiger partial charge in [0.05, 0.1) is 5.54 Å². The minimum absolute atomic E-state index is 0. The van der Waals surface area contributed by atoms with Crippen molar-refractivity contribution in [2.75, 3.05) is 12.4 Å². The maximum absolute atomic E-state index is 12.7. The van der Waals surface area contributed by atoms with Crippen molar-refractivity contribution in [1.82, 2.24) is 4.90 Å². The van der Waals surface area contributed by atoms with Crippen molar-refractivity contribution in [3.05, 3.63) is 29.8 Å². The predicted octanol–water partition coefficient (Wildman–Crippen LogP) is 4.11. The number of rotatable bonds is 4. The van der Waals surface area contributed by atoms with Crippen LogP contribution in [0.4, 0.5) is 5.69 Å². The number of carbonyl (C=O) groups is 2. The van der Waals surface area contributed by atoms with Crippen LogP contribution in [0.5, 0.6) is 0 Å². The first kappa shape index (κ1) is 21.7. The molecule has 5 nitrogen and oxygen atoms in total. The minimum atomic E-state index is -0.756. The van der Waals surface area contributed by atoms with E-state index in [4.69, 9.17) is 5.73 Å². The van der Waals surface area contributed by atoms with Crippen LogP contribution in [0.2, 0.25) is 0 Å². The number of hydrogen-bond acceptors (Lipinski definition) is 3. The number of benzene rings is 1. The predicted molar refractivity (Wildman–Crippen MR) is 111 cm³/mol. The number of hydrogen-bond donors (Lipinski definition) is 2. The largest absolute Gasteiger partial charge is 0.339 e. The summed E-state index contributed by atoms with van der Waals surface area (Å²) >= 11 is 0. The van der Waals surface area contributed by atoms with Gasteiger partial charge in [0.2, 0.25) is 5.91 Å². The number of anilines is 1. The topological polar surface area (TPSA) is 75.4 Å². The summed E-state index contributed by atoms with van der Waals surface area (Å²) in [7, 11) is 1.90. The highest BCUT2D eigenvalue weighted by molar-refractivity contribution is 5.99. The summed E-state index contributed by atoms with van der Waals surface area (Å²) in [4.78, 5) is 27.1.